The van der Waals surface area contributed by atoms with Crippen molar-refractivity contribution >= 4 is 17.3 Å². The number of anilines is 1. The summed E-state index contributed by atoms with van der Waals surface area (Å²) in [5, 5.41) is 18.1. The zero-order chi connectivity index (χ0) is 15.5. The number of allylic oxidation sites excluding steroid dienone is 1. The van der Waals surface area contributed by atoms with Crippen LogP contribution < -0.4 is 5.32 Å². The summed E-state index contributed by atoms with van der Waals surface area (Å²) in [7, 11) is 0. The summed E-state index contributed by atoms with van der Waals surface area (Å²) in [4.78, 5) is 0. The zero-order valence-electron chi connectivity index (χ0n) is 9.32. The molecule has 1 aromatic carbocycles. The predicted octanol–water partition coefficient (Wildman–Crippen LogP) is 3.98. The van der Waals surface area contributed by atoms with Gasteiger partial charge in [0.1, 0.15) is 17.7 Å². The van der Waals surface area contributed by atoms with Crippen molar-refractivity contribution in [1.29, 1.82) is 10.5 Å². The molecule has 1 N–H and O–H groups in total. The molecular weight excluding hydrogens is 305 g/mol. The van der Waals surface area contributed by atoms with Crippen molar-refractivity contribution in [2.45, 2.75) is 6.18 Å². The van der Waals surface area contributed by atoms with Gasteiger partial charge in [0, 0.05) is 6.20 Å². The van der Waals surface area contributed by atoms with Gasteiger partial charge >= 0.3 is 6.18 Å². The molecule has 0 aliphatic heterocycles. The Hall–Kier alpha value is -2.32. The molecule has 9 heteroatoms. The molecule has 1 aromatic rings. The second-order valence-corrected chi connectivity index (χ2v) is 3.74. The zero-order valence-corrected chi connectivity index (χ0v) is 10.1. The number of halogens is 6. The van der Waals surface area contributed by atoms with Crippen molar-refractivity contribution in [2.24, 2.45) is 0 Å². The quantitative estimate of drug-likeness (QED) is 0.511. The molecule has 0 saturated heterocycles. The van der Waals surface area contributed by atoms with Gasteiger partial charge in [0.2, 0.25) is 0 Å². The predicted molar refractivity (Wildman–Crippen MR) is 59.3 cm³/mol. The number of hydrogen-bond acceptors (Lipinski definition) is 3. The van der Waals surface area contributed by atoms with Gasteiger partial charge in [-0.2, -0.15) is 23.7 Å². The molecule has 0 aliphatic rings. The Morgan fingerprint density at radius 2 is 1.75 bits per heavy atom. The van der Waals surface area contributed by atoms with E-state index in [4.69, 9.17) is 22.1 Å². The van der Waals surface area contributed by atoms with Crippen molar-refractivity contribution < 1.29 is 22.0 Å². The summed E-state index contributed by atoms with van der Waals surface area (Å²) in [6.45, 7) is 0. The third-order valence-electron chi connectivity index (χ3n) is 2.07. The van der Waals surface area contributed by atoms with E-state index in [-0.39, 0.29) is 6.07 Å². The summed E-state index contributed by atoms with van der Waals surface area (Å²) >= 11 is 5.42. The van der Waals surface area contributed by atoms with E-state index in [1.165, 1.54) is 12.1 Å². The van der Waals surface area contributed by atoms with Crippen LogP contribution in [0.15, 0.2) is 17.8 Å². The summed E-state index contributed by atoms with van der Waals surface area (Å²) in [5.74, 6) is -4.00. The molecule has 0 fully saturated rings. The van der Waals surface area contributed by atoms with Gasteiger partial charge in [-0.15, -0.1) is 0 Å². The highest BCUT2D eigenvalue weighted by molar-refractivity contribution is 6.33. The van der Waals surface area contributed by atoms with E-state index in [0.29, 0.717) is 6.20 Å². The van der Waals surface area contributed by atoms with Crippen molar-refractivity contribution in [3.63, 3.8) is 0 Å². The first-order chi connectivity index (χ1) is 9.22. The number of hydrogen-bond donors (Lipinski definition) is 1. The van der Waals surface area contributed by atoms with E-state index in [9.17, 15) is 22.0 Å². The molecule has 1 rings (SSSR count). The van der Waals surface area contributed by atoms with Gasteiger partial charge in [0.05, 0.1) is 16.3 Å². The SMILES string of the molecule is N#CC(C#N)=CNc1c(Cl)cc(C(F)(F)F)c(F)c1F. The summed E-state index contributed by atoms with van der Waals surface area (Å²) < 4.78 is 63.9. The lowest BCUT2D eigenvalue weighted by Gasteiger charge is -2.12. The number of nitrogens with zero attached hydrogens (tertiary/aromatic N) is 2. The van der Waals surface area contributed by atoms with Crippen LogP contribution in [0.25, 0.3) is 0 Å². The fraction of sp³-hybridized carbons (Fsp3) is 0.0909. The van der Waals surface area contributed by atoms with Crippen LogP contribution >= 0.6 is 11.6 Å². The van der Waals surface area contributed by atoms with Crippen LogP contribution in [0, 0.1) is 34.3 Å². The lowest BCUT2D eigenvalue weighted by molar-refractivity contribution is -0.140. The van der Waals surface area contributed by atoms with Gasteiger partial charge in [-0.25, -0.2) is 8.78 Å². The van der Waals surface area contributed by atoms with Crippen molar-refractivity contribution in [2.75, 3.05) is 5.32 Å². The van der Waals surface area contributed by atoms with Crippen molar-refractivity contribution in [3.8, 4) is 12.1 Å². The highest BCUT2D eigenvalue weighted by Crippen LogP contribution is 2.38. The Balaban J connectivity index is 3.34. The monoisotopic (exact) mass is 307 g/mol. The van der Waals surface area contributed by atoms with Crippen LogP contribution in [-0.2, 0) is 6.18 Å². The van der Waals surface area contributed by atoms with E-state index in [0.717, 1.165) is 0 Å². The summed E-state index contributed by atoms with van der Waals surface area (Å²) in [5.41, 5.74) is -3.16. The van der Waals surface area contributed by atoms with Gasteiger partial charge in [-0.05, 0) is 6.07 Å². The normalized spacial score (nSPS) is 10.4. The molecule has 0 atom stereocenters. The van der Waals surface area contributed by atoms with E-state index < -0.39 is 39.7 Å². The van der Waals surface area contributed by atoms with E-state index in [2.05, 4.69) is 0 Å². The van der Waals surface area contributed by atoms with Gasteiger partial charge in [0.15, 0.2) is 11.6 Å². The first-order valence-corrected chi connectivity index (χ1v) is 5.11. The molecule has 104 valence electrons. The third kappa shape index (κ3) is 3.16. The van der Waals surface area contributed by atoms with Crippen LogP contribution in [0.3, 0.4) is 0 Å². The van der Waals surface area contributed by atoms with E-state index in [1.54, 1.807) is 0 Å². The molecule has 0 amide bonds. The molecule has 0 spiro atoms. The second-order valence-electron chi connectivity index (χ2n) is 3.33. The fourth-order valence-corrected chi connectivity index (χ4v) is 1.41. The molecular formula is C11H3ClF5N3. The molecule has 0 aliphatic carbocycles. The lowest BCUT2D eigenvalue weighted by Crippen LogP contribution is -2.11. The minimum Gasteiger partial charge on any atom is -0.356 e. The average Bonchev–Trinajstić information content (AvgIpc) is 2.37. The maximum absolute atomic E-state index is 13.5. The van der Waals surface area contributed by atoms with Gasteiger partial charge < -0.3 is 5.32 Å². The highest BCUT2D eigenvalue weighted by Gasteiger charge is 2.37. The Morgan fingerprint density at radius 1 is 1.20 bits per heavy atom. The number of alkyl halides is 3. The topological polar surface area (TPSA) is 59.6 Å². The smallest absolute Gasteiger partial charge is 0.356 e. The second kappa shape index (κ2) is 5.76. The highest BCUT2D eigenvalue weighted by atomic mass is 35.5. The molecule has 0 saturated carbocycles. The maximum Gasteiger partial charge on any atom is 0.419 e. The fourth-order valence-electron chi connectivity index (χ4n) is 1.17. The third-order valence-corrected chi connectivity index (χ3v) is 2.36. The minimum absolute atomic E-state index is 0.203. The Bertz CT molecular complexity index is 636. The molecule has 3 nitrogen and oxygen atoms in total. The number of nitriles is 2. The standard InChI is InChI=1S/C11H3ClF5N3/c12-7-1-6(11(15,16)17)8(13)9(14)10(7)20-4-5(2-18)3-19/h1,4,20H. The van der Waals surface area contributed by atoms with E-state index in [1.807, 2.05) is 5.32 Å². The van der Waals surface area contributed by atoms with Gasteiger partial charge in [-0.3, -0.25) is 0 Å². The Morgan fingerprint density at radius 3 is 2.20 bits per heavy atom. The molecule has 0 unspecified atom stereocenters. The van der Waals surface area contributed by atoms with Crippen LogP contribution in [0.1, 0.15) is 5.56 Å². The molecule has 0 bridgehead atoms. The largest absolute Gasteiger partial charge is 0.419 e. The van der Waals surface area contributed by atoms with Crippen LogP contribution in [0.4, 0.5) is 27.6 Å². The van der Waals surface area contributed by atoms with Crippen LogP contribution in [-0.4, -0.2) is 0 Å². The van der Waals surface area contributed by atoms with Crippen molar-refractivity contribution in [1.82, 2.24) is 0 Å². The van der Waals surface area contributed by atoms with Crippen LogP contribution in [0.2, 0.25) is 5.02 Å². The molecule has 0 radical (unpaired) electrons. The summed E-state index contributed by atoms with van der Waals surface area (Å²) in [6.07, 6.45) is -4.41. The molecule has 0 heterocycles. The number of rotatable bonds is 2. The average molecular weight is 308 g/mol. The first kappa shape index (κ1) is 15.7. The van der Waals surface area contributed by atoms with Crippen LogP contribution in [0.5, 0.6) is 0 Å². The summed E-state index contributed by atoms with van der Waals surface area (Å²) in [6, 6.07) is 3.02. The molecule has 20 heavy (non-hydrogen) atoms. The first-order valence-electron chi connectivity index (χ1n) is 4.74. The lowest BCUT2D eigenvalue weighted by atomic mass is 10.1. The molecule has 0 aromatic heterocycles. The Labute approximate surface area is 114 Å². The Kier molecular flexibility index (Phi) is 4.53. The number of benzene rings is 1. The van der Waals surface area contributed by atoms with Gasteiger partial charge in [-0.1, -0.05) is 11.6 Å². The van der Waals surface area contributed by atoms with E-state index >= 15 is 0 Å². The van der Waals surface area contributed by atoms with Crippen molar-refractivity contribution in [3.05, 3.63) is 40.1 Å². The van der Waals surface area contributed by atoms with Gasteiger partial charge in [0.25, 0.3) is 0 Å². The maximum atomic E-state index is 13.5. The minimum atomic E-state index is -5.10. The number of nitrogens with one attached hydrogen (secondary N) is 1.